The molecule has 110 valence electrons. The summed E-state index contributed by atoms with van der Waals surface area (Å²) < 4.78 is 11.3. The summed E-state index contributed by atoms with van der Waals surface area (Å²) in [6.07, 6.45) is 1.56. The van der Waals surface area contributed by atoms with Gasteiger partial charge in [0.15, 0.2) is 0 Å². The molecule has 0 bridgehead atoms. The highest BCUT2D eigenvalue weighted by Gasteiger charge is 2.17. The van der Waals surface area contributed by atoms with E-state index in [9.17, 15) is 9.59 Å². The summed E-state index contributed by atoms with van der Waals surface area (Å²) in [5, 5.41) is 4.07. The third kappa shape index (κ3) is 2.79. The number of rotatable bonds is 3. The number of hydrogen-bond donors (Lipinski definition) is 0. The molecule has 0 N–H and O–H groups in total. The van der Waals surface area contributed by atoms with Crippen LogP contribution in [0.3, 0.4) is 0 Å². The number of hydrogen-bond acceptors (Lipinski definition) is 5. The summed E-state index contributed by atoms with van der Waals surface area (Å²) in [5.41, 5.74) is 1.36. The SMILES string of the molecule is COC(=O)c1nn(-c2cc(C)ccc2OC)cc(C)c1=O. The van der Waals surface area contributed by atoms with Gasteiger partial charge in [0.05, 0.1) is 14.2 Å². The Morgan fingerprint density at radius 3 is 2.57 bits per heavy atom. The van der Waals surface area contributed by atoms with Crippen molar-refractivity contribution >= 4 is 5.97 Å². The molecule has 0 saturated heterocycles. The van der Waals surface area contributed by atoms with Crippen molar-refractivity contribution in [1.29, 1.82) is 0 Å². The van der Waals surface area contributed by atoms with Crippen molar-refractivity contribution in [1.82, 2.24) is 9.78 Å². The van der Waals surface area contributed by atoms with E-state index < -0.39 is 11.4 Å². The molecular formula is C15H16N2O4. The summed E-state index contributed by atoms with van der Waals surface area (Å²) in [6.45, 7) is 3.55. The molecule has 0 radical (unpaired) electrons. The largest absolute Gasteiger partial charge is 0.494 e. The summed E-state index contributed by atoms with van der Waals surface area (Å²) in [7, 11) is 2.76. The Morgan fingerprint density at radius 2 is 1.95 bits per heavy atom. The van der Waals surface area contributed by atoms with Crippen LogP contribution in [0, 0.1) is 13.8 Å². The maximum absolute atomic E-state index is 12.0. The van der Waals surface area contributed by atoms with E-state index in [1.54, 1.807) is 26.3 Å². The number of benzene rings is 1. The Hall–Kier alpha value is -2.63. The standard InChI is InChI=1S/C15H16N2O4/c1-9-5-6-12(20-3)11(7-9)17-8-10(2)14(18)13(16-17)15(19)21-4/h5-8H,1-4H3. The average molecular weight is 288 g/mol. The summed E-state index contributed by atoms with van der Waals surface area (Å²) in [6, 6.07) is 5.56. The number of esters is 1. The molecule has 1 aromatic carbocycles. The number of methoxy groups -OCH3 is 2. The molecule has 0 unspecified atom stereocenters. The Kier molecular flexibility index (Phi) is 4.07. The first-order valence-electron chi connectivity index (χ1n) is 6.32. The van der Waals surface area contributed by atoms with Crippen LogP contribution in [0.5, 0.6) is 5.75 Å². The normalized spacial score (nSPS) is 10.3. The first kappa shape index (κ1) is 14.8. The lowest BCUT2D eigenvalue weighted by Crippen LogP contribution is -2.24. The Bertz CT molecular complexity index is 750. The van der Waals surface area contributed by atoms with E-state index in [4.69, 9.17) is 4.74 Å². The highest BCUT2D eigenvalue weighted by molar-refractivity contribution is 5.87. The maximum Gasteiger partial charge on any atom is 0.362 e. The molecule has 0 fully saturated rings. The van der Waals surface area contributed by atoms with E-state index in [2.05, 4.69) is 9.84 Å². The molecule has 1 heterocycles. The first-order chi connectivity index (χ1) is 9.97. The van der Waals surface area contributed by atoms with Crippen LogP contribution in [0.1, 0.15) is 21.6 Å². The van der Waals surface area contributed by atoms with Crippen LogP contribution in [0.4, 0.5) is 0 Å². The van der Waals surface area contributed by atoms with E-state index in [0.29, 0.717) is 17.0 Å². The zero-order chi connectivity index (χ0) is 15.6. The molecule has 6 heteroatoms. The van der Waals surface area contributed by atoms with Gasteiger partial charge in [-0.3, -0.25) is 4.79 Å². The van der Waals surface area contributed by atoms with Crippen molar-refractivity contribution in [3.63, 3.8) is 0 Å². The van der Waals surface area contributed by atoms with Gasteiger partial charge in [0.25, 0.3) is 0 Å². The first-order valence-corrected chi connectivity index (χ1v) is 6.32. The van der Waals surface area contributed by atoms with E-state index in [1.165, 1.54) is 11.8 Å². The van der Waals surface area contributed by atoms with Crippen molar-refractivity contribution in [2.24, 2.45) is 0 Å². The van der Waals surface area contributed by atoms with Gasteiger partial charge in [-0.2, -0.15) is 5.10 Å². The van der Waals surface area contributed by atoms with Gasteiger partial charge >= 0.3 is 5.97 Å². The number of carbonyl (C=O) groups is 1. The third-order valence-corrected chi connectivity index (χ3v) is 3.06. The van der Waals surface area contributed by atoms with Crippen molar-refractivity contribution in [2.75, 3.05) is 14.2 Å². The molecule has 0 aliphatic rings. The second-order valence-electron chi connectivity index (χ2n) is 4.60. The van der Waals surface area contributed by atoms with Gasteiger partial charge in [0, 0.05) is 11.8 Å². The fraction of sp³-hybridized carbons (Fsp3) is 0.267. The predicted octanol–water partition coefficient (Wildman–Crippen LogP) is 1.64. The van der Waals surface area contributed by atoms with Crippen molar-refractivity contribution < 1.29 is 14.3 Å². The van der Waals surface area contributed by atoms with Gasteiger partial charge in [-0.25, -0.2) is 9.48 Å². The number of carbonyl (C=O) groups excluding carboxylic acids is 1. The van der Waals surface area contributed by atoms with Crippen LogP contribution in [-0.2, 0) is 4.74 Å². The van der Waals surface area contributed by atoms with Crippen LogP contribution in [0.25, 0.3) is 5.69 Å². The quantitative estimate of drug-likeness (QED) is 0.803. The van der Waals surface area contributed by atoms with E-state index in [1.807, 2.05) is 19.1 Å². The Morgan fingerprint density at radius 1 is 1.24 bits per heavy atom. The highest BCUT2D eigenvalue weighted by atomic mass is 16.5. The van der Waals surface area contributed by atoms with Gasteiger partial charge in [-0.1, -0.05) is 6.07 Å². The molecule has 0 amide bonds. The van der Waals surface area contributed by atoms with Crippen LogP contribution in [0.2, 0.25) is 0 Å². The molecule has 0 saturated carbocycles. The minimum Gasteiger partial charge on any atom is -0.494 e. The topological polar surface area (TPSA) is 70.4 Å². The van der Waals surface area contributed by atoms with Gasteiger partial charge < -0.3 is 9.47 Å². The number of aryl methyl sites for hydroxylation is 2. The zero-order valence-electron chi connectivity index (χ0n) is 12.3. The lowest BCUT2D eigenvalue weighted by Gasteiger charge is -2.13. The second kappa shape index (κ2) is 5.78. The van der Waals surface area contributed by atoms with Crippen molar-refractivity contribution in [3.05, 3.63) is 51.4 Å². The van der Waals surface area contributed by atoms with Gasteiger partial charge in [-0.15, -0.1) is 0 Å². The molecule has 2 rings (SSSR count). The van der Waals surface area contributed by atoms with E-state index in [-0.39, 0.29) is 5.69 Å². The Balaban J connectivity index is 2.71. The van der Waals surface area contributed by atoms with E-state index in [0.717, 1.165) is 5.56 Å². The third-order valence-electron chi connectivity index (χ3n) is 3.06. The number of nitrogens with zero attached hydrogens (tertiary/aromatic N) is 2. The monoisotopic (exact) mass is 288 g/mol. The molecule has 21 heavy (non-hydrogen) atoms. The minimum absolute atomic E-state index is 0.249. The van der Waals surface area contributed by atoms with Gasteiger partial charge in [0.1, 0.15) is 11.4 Å². The van der Waals surface area contributed by atoms with Crippen LogP contribution in [0.15, 0.2) is 29.2 Å². The van der Waals surface area contributed by atoms with Gasteiger partial charge in [-0.05, 0) is 31.5 Å². The van der Waals surface area contributed by atoms with Crippen LogP contribution < -0.4 is 10.2 Å². The summed E-state index contributed by atoms with van der Waals surface area (Å²) >= 11 is 0. The van der Waals surface area contributed by atoms with E-state index >= 15 is 0 Å². The fourth-order valence-electron chi connectivity index (χ4n) is 1.94. The molecule has 0 aliphatic carbocycles. The lowest BCUT2D eigenvalue weighted by atomic mass is 10.2. The van der Waals surface area contributed by atoms with Gasteiger partial charge in [0.2, 0.25) is 11.1 Å². The fourth-order valence-corrected chi connectivity index (χ4v) is 1.94. The highest BCUT2D eigenvalue weighted by Crippen LogP contribution is 2.23. The number of aromatic nitrogens is 2. The van der Waals surface area contributed by atoms with Crippen molar-refractivity contribution in [3.8, 4) is 11.4 Å². The predicted molar refractivity (Wildman–Crippen MR) is 77.2 cm³/mol. The smallest absolute Gasteiger partial charge is 0.362 e. The Labute approximate surface area is 121 Å². The van der Waals surface area contributed by atoms with Crippen LogP contribution >= 0.6 is 0 Å². The number of ether oxygens (including phenoxy) is 2. The molecule has 0 aliphatic heterocycles. The molecule has 6 nitrogen and oxygen atoms in total. The summed E-state index contributed by atoms with van der Waals surface area (Å²) in [4.78, 5) is 23.6. The maximum atomic E-state index is 12.0. The zero-order valence-corrected chi connectivity index (χ0v) is 12.3. The van der Waals surface area contributed by atoms with Crippen molar-refractivity contribution in [2.45, 2.75) is 13.8 Å². The molecule has 0 atom stereocenters. The molecule has 1 aromatic heterocycles. The van der Waals surface area contributed by atoms with Crippen LogP contribution in [-0.4, -0.2) is 30.0 Å². The molecule has 0 spiro atoms. The molecule has 2 aromatic rings. The minimum atomic E-state index is -0.760. The summed E-state index contributed by atoms with van der Waals surface area (Å²) in [5.74, 6) is -0.170. The lowest BCUT2D eigenvalue weighted by molar-refractivity contribution is 0.0590. The average Bonchev–Trinajstić information content (AvgIpc) is 2.49. The second-order valence-corrected chi connectivity index (χ2v) is 4.60. The molecular weight excluding hydrogens is 272 g/mol.